The van der Waals surface area contributed by atoms with E-state index in [2.05, 4.69) is 5.32 Å². The van der Waals surface area contributed by atoms with E-state index in [1.165, 1.54) is 0 Å². The van der Waals surface area contributed by atoms with E-state index in [1.807, 2.05) is 12.1 Å². The van der Waals surface area contributed by atoms with E-state index in [0.717, 1.165) is 11.3 Å². The monoisotopic (exact) mass is 383 g/mol. The summed E-state index contributed by atoms with van der Waals surface area (Å²) in [6, 6.07) is 11.7. The highest BCUT2D eigenvalue weighted by atomic mass is 16.5. The van der Waals surface area contributed by atoms with Crippen LogP contribution in [0.15, 0.2) is 48.2 Å². The zero-order valence-electron chi connectivity index (χ0n) is 15.6. The number of rotatable bonds is 7. The van der Waals surface area contributed by atoms with Crippen LogP contribution in [0.3, 0.4) is 0 Å². The summed E-state index contributed by atoms with van der Waals surface area (Å²) in [7, 11) is 1.59. The predicted octanol–water partition coefficient (Wildman–Crippen LogP) is 2.19. The summed E-state index contributed by atoms with van der Waals surface area (Å²) in [6.45, 7) is 1.33. The number of hydrogen-bond donors (Lipinski definition) is 2. The van der Waals surface area contributed by atoms with Gasteiger partial charge in [-0.1, -0.05) is 12.1 Å². The Kier molecular flexibility index (Phi) is 5.96. The topological polar surface area (TPSA) is 94.1 Å². The number of aliphatic hydroxyl groups is 1. The van der Waals surface area contributed by atoms with E-state index in [-0.39, 0.29) is 36.7 Å². The second-order valence-corrected chi connectivity index (χ2v) is 6.31. The number of allylic oxidation sites excluding steroid dienone is 1. The minimum atomic E-state index is -0.348. The van der Waals surface area contributed by atoms with E-state index in [9.17, 15) is 9.59 Å². The molecule has 0 bridgehead atoms. The lowest BCUT2D eigenvalue weighted by Crippen LogP contribution is -2.38. The number of ketones is 1. The summed E-state index contributed by atoms with van der Waals surface area (Å²) in [5.74, 6) is 1.16. The van der Waals surface area contributed by atoms with Crippen LogP contribution < -0.4 is 19.5 Å². The molecule has 1 amide bonds. The summed E-state index contributed by atoms with van der Waals surface area (Å²) in [5.41, 5.74) is 1.24. The molecule has 7 nitrogen and oxygen atoms in total. The van der Waals surface area contributed by atoms with Gasteiger partial charge in [0.1, 0.15) is 17.2 Å². The van der Waals surface area contributed by atoms with Gasteiger partial charge in [0.05, 0.1) is 19.3 Å². The number of hydrogen-bond acceptors (Lipinski definition) is 6. The van der Waals surface area contributed by atoms with E-state index < -0.39 is 0 Å². The zero-order chi connectivity index (χ0) is 20.1. The van der Waals surface area contributed by atoms with Crippen molar-refractivity contribution >= 4 is 17.8 Å². The molecule has 0 aromatic heterocycles. The molecule has 0 saturated carbocycles. The summed E-state index contributed by atoms with van der Waals surface area (Å²) in [5, 5.41) is 11.5. The third kappa shape index (κ3) is 4.50. The van der Waals surface area contributed by atoms with Crippen LogP contribution in [0.1, 0.15) is 22.8 Å². The molecule has 0 unspecified atom stereocenters. The van der Waals surface area contributed by atoms with E-state index >= 15 is 0 Å². The molecular formula is C21H21NO6. The molecule has 0 fully saturated rings. The van der Waals surface area contributed by atoms with Gasteiger partial charge in [-0.3, -0.25) is 9.59 Å². The maximum atomic E-state index is 12.5. The molecule has 3 rings (SSSR count). The highest BCUT2D eigenvalue weighted by Crippen LogP contribution is 2.35. The number of Topliss-reactive ketones (excluding diaryl/α,β-unsaturated/α-hetero) is 1. The van der Waals surface area contributed by atoms with Crippen molar-refractivity contribution < 1.29 is 28.9 Å². The van der Waals surface area contributed by atoms with Gasteiger partial charge in [0.2, 0.25) is 5.78 Å². The third-order valence-corrected chi connectivity index (χ3v) is 4.11. The molecule has 0 spiro atoms. The second kappa shape index (κ2) is 8.58. The number of amides is 1. The molecule has 28 heavy (non-hydrogen) atoms. The largest absolute Gasteiger partial charge is 0.497 e. The fourth-order valence-electron chi connectivity index (χ4n) is 2.62. The highest BCUT2D eigenvalue weighted by Gasteiger charge is 2.27. The minimum Gasteiger partial charge on any atom is -0.497 e. The average Bonchev–Trinajstić information content (AvgIpc) is 3.01. The molecule has 2 aromatic rings. The van der Waals surface area contributed by atoms with Crippen LogP contribution in [0.25, 0.3) is 6.08 Å². The number of ether oxygens (including phenoxy) is 3. The molecule has 1 aliphatic rings. The lowest BCUT2D eigenvalue weighted by atomic mass is 10.1. The first-order valence-corrected chi connectivity index (χ1v) is 8.75. The maximum absolute atomic E-state index is 12.5. The van der Waals surface area contributed by atoms with Crippen molar-refractivity contribution in [3.8, 4) is 17.2 Å². The van der Waals surface area contributed by atoms with Gasteiger partial charge in [-0.25, -0.2) is 0 Å². The SMILES string of the molecule is COc1ccc(C=C2Oc3cc(OCC(=O)N[C@@H](C)CO)ccc3C2=O)cc1. The van der Waals surface area contributed by atoms with Gasteiger partial charge in [0.15, 0.2) is 12.4 Å². The molecule has 2 N–H and O–H groups in total. The van der Waals surface area contributed by atoms with Crippen LogP contribution in [-0.2, 0) is 4.79 Å². The smallest absolute Gasteiger partial charge is 0.258 e. The molecule has 146 valence electrons. The van der Waals surface area contributed by atoms with Crippen LogP contribution in [0.4, 0.5) is 0 Å². The quantitative estimate of drug-likeness (QED) is 0.712. The van der Waals surface area contributed by atoms with Crippen LogP contribution in [0.5, 0.6) is 17.2 Å². The molecule has 1 aliphatic heterocycles. The number of nitrogens with one attached hydrogen (secondary N) is 1. The van der Waals surface area contributed by atoms with Gasteiger partial charge in [-0.2, -0.15) is 0 Å². The Hall–Kier alpha value is -3.32. The number of carbonyl (C=O) groups is 2. The standard InChI is InChI=1S/C21H21NO6/c1-13(11-23)22-20(24)12-27-16-7-8-17-18(10-16)28-19(21(17)25)9-14-3-5-15(26-2)6-4-14/h3-10,13,23H,11-12H2,1-2H3,(H,22,24)/t13-/m0/s1. The Balaban J connectivity index is 1.68. The molecule has 0 aliphatic carbocycles. The molecule has 0 saturated heterocycles. The minimum absolute atomic E-state index is 0.149. The Labute approximate surface area is 162 Å². The molecule has 1 heterocycles. The van der Waals surface area contributed by atoms with E-state index in [0.29, 0.717) is 17.1 Å². The molecule has 2 aromatic carbocycles. The molecule has 0 radical (unpaired) electrons. The maximum Gasteiger partial charge on any atom is 0.258 e. The van der Waals surface area contributed by atoms with Gasteiger partial charge < -0.3 is 24.6 Å². The van der Waals surface area contributed by atoms with Gasteiger partial charge in [0, 0.05) is 12.1 Å². The lowest BCUT2D eigenvalue weighted by molar-refractivity contribution is -0.124. The van der Waals surface area contributed by atoms with Crippen molar-refractivity contribution in [3.05, 3.63) is 59.4 Å². The van der Waals surface area contributed by atoms with E-state index in [1.54, 1.807) is 50.4 Å². The van der Waals surface area contributed by atoms with Crippen LogP contribution >= 0.6 is 0 Å². The summed E-state index contributed by atoms with van der Waals surface area (Å²) in [4.78, 5) is 24.2. The van der Waals surface area contributed by atoms with E-state index in [4.69, 9.17) is 19.3 Å². The van der Waals surface area contributed by atoms with Crippen molar-refractivity contribution in [3.63, 3.8) is 0 Å². The van der Waals surface area contributed by atoms with Gasteiger partial charge in [0.25, 0.3) is 5.91 Å². The molecule has 1 atom stereocenters. The summed E-state index contributed by atoms with van der Waals surface area (Å²) < 4.78 is 16.2. The fraction of sp³-hybridized carbons (Fsp3) is 0.238. The fourth-order valence-corrected chi connectivity index (χ4v) is 2.62. The van der Waals surface area contributed by atoms with Crippen molar-refractivity contribution in [1.82, 2.24) is 5.32 Å². The number of benzene rings is 2. The van der Waals surface area contributed by atoms with Gasteiger partial charge in [-0.05, 0) is 42.8 Å². The number of aliphatic hydroxyl groups excluding tert-OH is 1. The van der Waals surface area contributed by atoms with Crippen LogP contribution in [0.2, 0.25) is 0 Å². The van der Waals surface area contributed by atoms with Gasteiger partial charge >= 0.3 is 0 Å². The highest BCUT2D eigenvalue weighted by molar-refractivity contribution is 6.14. The Morgan fingerprint density at radius 2 is 1.93 bits per heavy atom. The molecular weight excluding hydrogens is 362 g/mol. The Morgan fingerprint density at radius 1 is 1.21 bits per heavy atom. The van der Waals surface area contributed by atoms with Crippen molar-refractivity contribution in [2.45, 2.75) is 13.0 Å². The number of methoxy groups -OCH3 is 1. The van der Waals surface area contributed by atoms with Crippen molar-refractivity contribution in [2.75, 3.05) is 20.3 Å². The Morgan fingerprint density at radius 3 is 2.61 bits per heavy atom. The normalized spacial score (nSPS) is 15.0. The first-order valence-electron chi connectivity index (χ1n) is 8.75. The van der Waals surface area contributed by atoms with Crippen molar-refractivity contribution in [2.24, 2.45) is 0 Å². The Bertz CT molecular complexity index is 904. The lowest BCUT2D eigenvalue weighted by Gasteiger charge is -2.11. The van der Waals surface area contributed by atoms with Gasteiger partial charge in [-0.15, -0.1) is 0 Å². The third-order valence-electron chi connectivity index (χ3n) is 4.11. The number of carbonyl (C=O) groups excluding carboxylic acids is 2. The van der Waals surface area contributed by atoms with Crippen LogP contribution in [0, 0.1) is 0 Å². The average molecular weight is 383 g/mol. The van der Waals surface area contributed by atoms with Crippen LogP contribution in [-0.4, -0.2) is 43.2 Å². The first-order chi connectivity index (χ1) is 13.5. The first kappa shape index (κ1) is 19.4. The predicted molar refractivity (Wildman–Crippen MR) is 103 cm³/mol. The summed E-state index contributed by atoms with van der Waals surface area (Å²) >= 11 is 0. The van der Waals surface area contributed by atoms with Crippen molar-refractivity contribution in [1.29, 1.82) is 0 Å². The molecule has 7 heteroatoms. The number of fused-ring (bicyclic) bond motifs is 1. The zero-order valence-corrected chi connectivity index (χ0v) is 15.6. The second-order valence-electron chi connectivity index (χ2n) is 6.31. The summed E-state index contributed by atoms with van der Waals surface area (Å²) in [6.07, 6.45) is 1.66.